The second-order valence-electron chi connectivity index (χ2n) is 6.94. The molecule has 3 aromatic carbocycles. The first-order valence-corrected chi connectivity index (χ1v) is 10.5. The fourth-order valence-corrected chi connectivity index (χ4v) is 4.32. The molecule has 3 aromatic rings. The van der Waals surface area contributed by atoms with Crippen LogP contribution in [0.25, 0.3) is 0 Å². The van der Waals surface area contributed by atoms with Gasteiger partial charge in [-0.15, -0.1) is 11.8 Å². The second kappa shape index (κ2) is 8.45. The number of hydrogen-bond donors (Lipinski definition) is 1. The van der Waals surface area contributed by atoms with Gasteiger partial charge in [0.25, 0.3) is 5.91 Å². The third-order valence-electron chi connectivity index (χ3n) is 4.97. The summed E-state index contributed by atoms with van der Waals surface area (Å²) in [6, 6.07) is 24.7. The van der Waals surface area contributed by atoms with Crippen molar-refractivity contribution in [1.29, 1.82) is 0 Å². The molecule has 0 spiro atoms. The summed E-state index contributed by atoms with van der Waals surface area (Å²) in [5.41, 5.74) is 5.57. The van der Waals surface area contributed by atoms with Crippen molar-refractivity contribution in [3.63, 3.8) is 0 Å². The van der Waals surface area contributed by atoms with Crippen LogP contribution in [-0.2, 0) is 18.6 Å². The van der Waals surface area contributed by atoms with Gasteiger partial charge < -0.3 is 5.32 Å². The largest absolute Gasteiger partial charge is 0.322 e. The zero-order valence-corrected chi connectivity index (χ0v) is 16.1. The van der Waals surface area contributed by atoms with E-state index in [0.29, 0.717) is 0 Å². The molecule has 1 amide bonds. The fourth-order valence-electron chi connectivity index (χ4n) is 3.45. The molecule has 1 N–H and O–H groups in total. The minimum absolute atomic E-state index is 0.0326. The molecule has 136 valence electrons. The highest BCUT2D eigenvalue weighted by molar-refractivity contribution is 7.98. The maximum Gasteiger partial charge on any atom is 0.255 e. The average Bonchev–Trinajstić information content (AvgIpc) is 2.73. The van der Waals surface area contributed by atoms with Crippen molar-refractivity contribution in [3.8, 4) is 0 Å². The molecule has 1 aliphatic rings. The standard InChI is InChI=1S/C24H23NOS/c26-24(21-13-12-19-6-4-5-7-20(19)16-21)25-22-14-10-18(11-15-22)17-27-23-8-2-1-3-9-23/h1-3,8-16H,4-7,17H2,(H,25,26). The van der Waals surface area contributed by atoms with Crippen LogP contribution >= 0.6 is 11.8 Å². The van der Waals surface area contributed by atoms with Crippen molar-refractivity contribution in [2.24, 2.45) is 0 Å². The van der Waals surface area contributed by atoms with Crippen molar-refractivity contribution < 1.29 is 4.79 Å². The molecule has 2 nitrogen and oxygen atoms in total. The van der Waals surface area contributed by atoms with E-state index in [2.05, 4.69) is 53.8 Å². The first-order chi connectivity index (χ1) is 13.3. The van der Waals surface area contributed by atoms with E-state index in [1.807, 2.05) is 36.0 Å². The quantitative estimate of drug-likeness (QED) is 0.547. The Morgan fingerprint density at radius 3 is 2.37 bits per heavy atom. The summed E-state index contributed by atoms with van der Waals surface area (Å²) in [5, 5.41) is 3.02. The van der Waals surface area contributed by atoms with E-state index in [4.69, 9.17) is 0 Å². The lowest BCUT2D eigenvalue weighted by atomic mass is 9.90. The summed E-state index contributed by atoms with van der Waals surface area (Å²) in [6.07, 6.45) is 4.71. The Labute approximate surface area is 165 Å². The van der Waals surface area contributed by atoms with Gasteiger partial charge in [0, 0.05) is 21.9 Å². The highest BCUT2D eigenvalue weighted by atomic mass is 32.2. The predicted molar refractivity (Wildman–Crippen MR) is 113 cm³/mol. The van der Waals surface area contributed by atoms with Crippen LogP contribution in [0.2, 0.25) is 0 Å². The lowest BCUT2D eigenvalue weighted by Crippen LogP contribution is -2.13. The summed E-state index contributed by atoms with van der Waals surface area (Å²) in [5.74, 6) is 0.887. The first kappa shape index (κ1) is 17.9. The van der Waals surface area contributed by atoms with Gasteiger partial charge >= 0.3 is 0 Å². The van der Waals surface area contributed by atoms with E-state index in [9.17, 15) is 4.79 Å². The van der Waals surface area contributed by atoms with E-state index >= 15 is 0 Å². The Morgan fingerprint density at radius 1 is 0.852 bits per heavy atom. The van der Waals surface area contributed by atoms with Crippen molar-refractivity contribution in [2.45, 2.75) is 36.3 Å². The molecule has 0 saturated carbocycles. The van der Waals surface area contributed by atoms with Gasteiger partial charge in [0.1, 0.15) is 0 Å². The molecule has 0 unspecified atom stereocenters. The molecule has 0 atom stereocenters. The van der Waals surface area contributed by atoms with E-state index in [-0.39, 0.29) is 5.91 Å². The number of aryl methyl sites for hydroxylation is 2. The van der Waals surface area contributed by atoms with Gasteiger partial charge in [-0.25, -0.2) is 0 Å². The Bertz CT molecular complexity index is 919. The normalized spacial score (nSPS) is 13.0. The number of carbonyl (C=O) groups excluding carboxylic acids is 1. The molecule has 1 aliphatic carbocycles. The van der Waals surface area contributed by atoms with Crippen LogP contribution in [0.5, 0.6) is 0 Å². The lowest BCUT2D eigenvalue weighted by Gasteiger charge is -2.16. The van der Waals surface area contributed by atoms with E-state index in [1.54, 1.807) is 0 Å². The average molecular weight is 374 g/mol. The predicted octanol–water partition coefficient (Wildman–Crippen LogP) is 6.11. The summed E-state index contributed by atoms with van der Waals surface area (Å²) in [6.45, 7) is 0. The second-order valence-corrected chi connectivity index (χ2v) is 7.99. The molecular formula is C24H23NOS. The van der Waals surface area contributed by atoms with Gasteiger partial charge in [-0.05, 0) is 78.8 Å². The van der Waals surface area contributed by atoms with Crippen LogP contribution < -0.4 is 5.32 Å². The fraction of sp³-hybridized carbons (Fsp3) is 0.208. The number of benzene rings is 3. The van der Waals surface area contributed by atoms with Gasteiger partial charge in [0.2, 0.25) is 0 Å². The number of carbonyl (C=O) groups is 1. The SMILES string of the molecule is O=C(Nc1ccc(CSc2ccccc2)cc1)c1ccc2c(c1)CCCC2. The first-order valence-electron chi connectivity index (χ1n) is 9.48. The molecular weight excluding hydrogens is 350 g/mol. The van der Waals surface area contributed by atoms with Crippen LogP contribution in [0.15, 0.2) is 77.7 Å². The lowest BCUT2D eigenvalue weighted by molar-refractivity contribution is 0.102. The summed E-state index contributed by atoms with van der Waals surface area (Å²) in [7, 11) is 0. The third-order valence-corrected chi connectivity index (χ3v) is 6.05. The molecule has 3 heteroatoms. The van der Waals surface area contributed by atoms with Crippen molar-refractivity contribution in [2.75, 3.05) is 5.32 Å². The molecule has 0 aromatic heterocycles. The van der Waals surface area contributed by atoms with Crippen LogP contribution in [-0.4, -0.2) is 5.91 Å². The van der Waals surface area contributed by atoms with E-state index in [0.717, 1.165) is 29.8 Å². The minimum Gasteiger partial charge on any atom is -0.322 e. The molecule has 0 aliphatic heterocycles. The molecule has 27 heavy (non-hydrogen) atoms. The molecule has 0 saturated heterocycles. The highest BCUT2D eigenvalue weighted by Gasteiger charge is 2.13. The van der Waals surface area contributed by atoms with Crippen LogP contribution in [0, 0.1) is 0 Å². The zero-order valence-electron chi connectivity index (χ0n) is 15.3. The van der Waals surface area contributed by atoms with Crippen molar-refractivity contribution in [3.05, 3.63) is 95.1 Å². The number of thioether (sulfide) groups is 1. The maximum absolute atomic E-state index is 12.6. The number of fused-ring (bicyclic) bond motifs is 1. The van der Waals surface area contributed by atoms with Gasteiger partial charge in [0.15, 0.2) is 0 Å². The molecule has 4 rings (SSSR count). The van der Waals surface area contributed by atoms with Crippen LogP contribution in [0.4, 0.5) is 5.69 Å². The number of rotatable bonds is 5. The molecule has 0 radical (unpaired) electrons. The van der Waals surface area contributed by atoms with Crippen LogP contribution in [0.3, 0.4) is 0 Å². The minimum atomic E-state index is -0.0326. The topological polar surface area (TPSA) is 29.1 Å². The number of amides is 1. The third kappa shape index (κ3) is 4.61. The molecule has 0 fully saturated rings. The van der Waals surface area contributed by atoms with Gasteiger partial charge in [0.05, 0.1) is 0 Å². The molecule has 0 bridgehead atoms. The van der Waals surface area contributed by atoms with Gasteiger partial charge in [-0.2, -0.15) is 0 Å². The van der Waals surface area contributed by atoms with Crippen molar-refractivity contribution in [1.82, 2.24) is 0 Å². The number of anilines is 1. The smallest absolute Gasteiger partial charge is 0.255 e. The Morgan fingerprint density at radius 2 is 1.59 bits per heavy atom. The zero-order chi connectivity index (χ0) is 18.5. The highest BCUT2D eigenvalue weighted by Crippen LogP contribution is 2.24. The van der Waals surface area contributed by atoms with Crippen LogP contribution in [0.1, 0.15) is 39.9 Å². The van der Waals surface area contributed by atoms with Crippen molar-refractivity contribution >= 4 is 23.4 Å². The van der Waals surface area contributed by atoms with E-state index in [1.165, 1.54) is 34.4 Å². The summed E-state index contributed by atoms with van der Waals surface area (Å²) >= 11 is 1.82. The summed E-state index contributed by atoms with van der Waals surface area (Å²) < 4.78 is 0. The Balaban J connectivity index is 1.37. The number of nitrogens with one attached hydrogen (secondary N) is 1. The van der Waals surface area contributed by atoms with Gasteiger partial charge in [-0.1, -0.05) is 36.4 Å². The van der Waals surface area contributed by atoms with Gasteiger partial charge in [-0.3, -0.25) is 4.79 Å². The monoisotopic (exact) mass is 373 g/mol. The Hall–Kier alpha value is -2.52. The maximum atomic E-state index is 12.6. The number of hydrogen-bond acceptors (Lipinski definition) is 2. The van der Waals surface area contributed by atoms with E-state index < -0.39 is 0 Å². The Kier molecular flexibility index (Phi) is 5.59. The molecule has 0 heterocycles. The summed E-state index contributed by atoms with van der Waals surface area (Å²) in [4.78, 5) is 13.8.